The van der Waals surface area contributed by atoms with Crippen LogP contribution >= 0.6 is 12.2 Å². The molecular formula is C21H17F2NO3S. The zero-order valence-electron chi connectivity index (χ0n) is 15.0. The number of carbonyl (C=O) groups is 2. The molecule has 28 heavy (non-hydrogen) atoms. The molecule has 0 heterocycles. The summed E-state index contributed by atoms with van der Waals surface area (Å²) >= 11 is 5.25. The van der Waals surface area contributed by atoms with Crippen LogP contribution < -0.4 is 10.1 Å². The van der Waals surface area contributed by atoms with Crippen LogP contribution in [-0.4, -0.2) is 23.8 Å². The number of benzene rings is 2. The van der Waals surface area contributed by atoms with Crippen molar-refractivity contribution in [3.63, 3.8) is 0 Å². The van der Waals surface area contributed by atoms with Gasteiger partial charge in [0, 0.05) is 17.2 Å². The zero-order chi connectivity index (χ0) is 20.3. The number of carbonyl (C=O) groups excluding carboxylic acids is 2. The van der Waals surface area contributed by atoms with Crippen molar-refractivity contribution in [2.45, 2.75) is 12.8 Å². The number of amides is 1. The molecular weight excluding hydrogens is 384 g/mol. The van der Waals surface area contributed by atoms with Crippen LogP contribution in [0.1, 0.15) is 28.8 Å². The van der Waals surface area contributed by atoms with Crippen molar-refractivity contribution in [2.24, 2.45) is 5.92 Å². The van der Waals surface area contributed by atoms with E-state index in [0.717, 1.165) is 12.1 Å². The summed E-state index contributed by atoms with van der Waals surface area (Å²) in [5, 5.41) is 2.59. The van der Waals surface area contributed by atoms with E-state index in [1.165, 1.54) is 19.3 Å². The molecule has 0 aliphatic heterocycles. The van der Waals surface area contributed by atoms with Crippen molar-refractivity contribution in [3.8, 4) is 5.75 Å². The Bertz CT molecular complexity index is 970. The van der Waals surface area contributed by atoms with Crippen LogP contribution in [-0.2, 0) is 4.79 Å². The number of methoxy groups -OCH3 is 1. The molecule has 1 N–H and O–H groups in total. The molecule has 0 bridgehead atoms. The molecule has 1 saturated carbocycles. The van der Waals surface area contributed by atoms with E-state index in [2.05, 4.69) is 5.32 Å². The van der Waals surface area contributed by atoms with Gasteiger partial charge < -0.3 is 10.1 Å². The van der Waals surface area contributed by atoms with Gasteiger partial charge in [0.1, 0.15) is 17.4 Å². The maximum absolute atomic E-state index is 13.8. The summed E-state index contributed by atoms with van der Waals surface area (Å²) in [6.45, 7) is 0. The molecule has 2 aromatic carbocycles. The summed E-state index contributed by atoms with van der Waals surface area (Å²) in [6, 6.07) is 9.66. The predicted molar refractivity (Wildman–Crippen MR) is 105 cm³/mol. The van der Waals surface area contributed by atoms with Crippen LogP contribution in [0.15, 0.2) is 48.0 Å². The molecule has 2 aromatic rings. The molecule has 0 spiro atoms. The minimum Gasteiger partial charge on any atom is -0.497 e. The lowest BCUT2D eigenvalue weighted by Crippen LogP contribution is -2.36. The molecule has 1 aliphatic rings. The second kappa shape index (κ2) is 8.39. The second-order valence-electron chi connectivity index (χ2n) is 6.34. The Morgan fingerprint density at radius 2 is 1.93 bits per heavy atom. The molecule has 1 amide bonds. The van der Waals surface area contributed by atoms with Crippen molar-refractivity contribution in [1.82, 2.24) is 5.32 Å². The molecule has 7 heteroatoms. The highest BCUT2D eigenvalue weighted by Crippen LogP contribution is 2.30. The zero-order valence-corrected chi connectivity index (χ0v) is 15.8. The summed E-state index contributed by atoms with van der Waals surface area (Å²) in [4.78, 5) is 25.1. The summed E-state index contributed by atoms with van der Waals surface area (Å²) in [6.07, 6.45) is 2.24. The number of ether oxygens (including phenoxy) is 1. The Hall–Kier alpha value is -2.93. The Labute approximate surface area is 166 Å². The second-order valence-corrected chi connectivity index (χ2v) is 6.78. The van der Waals surface area contributed by atoms with Crippen molar-refractivity contribution in [1.29, 1.82) is 0 Å². The maximum atomic E-state index is 13.8. The lowest BCUT2D eigenvalue weighted by atomic mass is 10.0. The van der Waals surface area contributed by atoms with Crippen LogP contribution in [0.3, 0.4) is 0 Å². The highest BCUT2D eigenvalue weighted by molar-refractivity contribution is 7.80. The minimum atomic E-state index is -0.737. The van der Waals surface area contributed by atoms with E-state index in [4.69, 9.17) is 17.0 Å². The van der Waals surface area contributed by atoms with E-state index in [1.54, 1.807) is 24.3 Å². The maximum Gasteiger partial charge on any atom is 0.256 e. The van der Waals surface area contributed by atoms with Gasteiger partial charge in [-0.15, -0.1) is 0 Å². The van der Waals surface area contributed by atoms with Gasteiger partial charge in [0.25, 0.3) is 5.91 Å². The molecule has 4 nitrogen and oxygen atoms in total. The predicted octanol–water partition coefficient (Wildman–Crippen LogP) is 4.09. The number of rotatable bonds is 4. The van der Waals surface area contributed by atoms with Crippen LogP contribution in [0.4, 0.5) is 8.78 Å². The van der Waals surface area contributed by atoms with Gasteiger partial charge in [-0.05, 0) is 60.9 Å². The first-order valence-corrected chi connectivity index (χ1v) is 8.99. The average molecular weight is 401 g/mol. The molecule has 0 radical (unpaired) electrons. The van der Waals surface area contributed by atoms with Gasteiger partial charge >= 0.3 is 0 Å². The van der Waals surface area contributed by atoms with E-state index in [1.807, 2.05) is 0 Å². The smallest absolute Gasteiger partial charge is 0.256 e. The summed E-state index contributed by atoms with van der Waals surface area (Å²) in [5.74, 6) is -2.12. The number of halogens is 2. The Morgan fingerprint density at radius 3 is 2.57 bits per heavy atom. The molecule has 1 aliphatic carbocycles. The fraction of sp³-hybridized carbons (Fsp3) is 0.190. The first-order chi connectivity index (χ1) is 13.4. The quantitative estimate of drug-likeness (QED) is 0.619. The van der Waals surface area contributed by atoms with Crippen LogP contribution in [0.25, 0.3) is 6.08 Å². The molecule has 144 valence electrons. The minimum absolute atomic E-state index is 0.133. The first kappa shape index (κ1) is 19.8. The Morgan fingerprint density at radius 1 is 1.21 bits per heavy atom. The lowest BCUT2D eigenvalue weighted by Gasteiger charge is -2.12. The number of hydrogen-bond acceptors (Lipinski definition) is 4. The van der Waals surface area contributed by atoms with Crippen molar-refractivity contribution in [2.75, 3.05) is 7.11 Å². The molecule has 1 atom stereocenters. The highest BCUT2D eigenvalue weighted by atomic mass is 32.1. The normalized spacial score (nSPS) is 17.6. The lowest BCUT2D eigenvalue weighted by molar-refractivity contribution is -0.116. The van der Waals surface area contributed by atoms with Crippen LogP contribution in [0.5, 0.6) is 5.75 Å². The van der Waals surface area contributed by atoms with E-state index in [-0.39, 0.29) is 16.3 Å². The number of thiocarbonyl (C=S) groups is 1. The number of Topliss-reactive ketones (excluding diaryl/α,β-unsaturated/α-hetero) is 1. The van der Waals surface area contributed by atoms with Crippen molar-refractivity contribution < 1.29 is 23.1 Å². The fourth-order valence-corrected chi connectivity index (χ4v) is 3.31. The van der Waals surface area contributed by atoms with Gasteiger partial charge in [0.05, 0.1) is 18.0 Å². The van der Waals surface area contributed by atoms with E-state index in [0.29, 0.717) is 29.7 Å². The Kier molecular flexibility index (Phi) is 5.94. The number of ketones is 1. The third-order valence-electron chi connectivity index (χ3n) is 4.53. The summed E-state index contributed by atoms with van der Waals surface area (Å²) < 4.78 is 31.9. The average Bonchev–Trinajstić information content (AvgIpc) is 3.04. The van der Waals surface area contributed by atoms with Gasteiger partial charge in [-0.2, -0.15) is 0 Å². The van der Waals surface area contributed by atoms with Crippen molar-refractivity contribution >= 4 is 35.0 Å². The van der Waals surface area contributed by atoms with Crippen LogP contribution in [0.2, 0.25) is 0 Å². The van der Waals surface area contributed by atoms with Crippen molar-refractivity contribution in [3.05, 3.63) is 70.8 Å². The largest absolute Gasteiger partial charge is 0.497 e. The monoisotopic (exact) mass is 401 g/mol. The highest BCUT2D eigenvalue weighted by Gasteiger charge is 2.33. The Balaban J connectivity index is 1.68. The van der Waals surface area contributed by atoms with Gasteiger partial charge in [-0.3, -0.25) is 9.59 Å². The third kappa shape index (κ3) is 4.31. The molecule has 0 saturated heterocycles. The number of allylic oxidation sites excluding steroid dienone is 1. The van der Waals surface area contributed by atoms with Gasteiger partial charge in [0.15, 0.2) is 5.78 Å². The van der Waals surface area contributed by atoms with Gasteiger partial charge in [-0.25, -0.2) is 8.78 Å². The molecule has 3 rings (SSSR count). The van der Waals surface area contributed by atoms with Gasteiger partial charge in [-0.1, -0.05) is 12.2 Å². The molecule has 0 aromatic heterocycles. The number of nitrogens with one attached hydrogen (secondary N) is 1. The molecule has 1 fully saturated rings. The number of hydrogen-bond donors (Lipinski definition) is 1. The van der Waals surface area contributed by atoms with E-state index in [9.17, 15) is 18.4 Å². The third-order valence-corrected chi connectivity index (χ3v) is 4.92. The topological polar surface area (TPSA) is 55.4 Å². The van der Waals surface area contributed by atoms with E-state index < -0.39 is 23.5 Å². The van der Waals surface area contributed by atoms with Crippen LogP contribution in [0, 0.1) is 17.6 Å². The standard InChI is InChI=1S/C21H17F2NO3S/c1-27-16-7-3-12(4-8-16)20(26)24-21(28)17-9-5-14(19(17)25)10-13-2-6-15(22)11-18(13)23/h2-4,6-8,10-11,17H,5,9H2,1H3,(H,24,26,28)/b14-10+. The molecule has 1 unspecified atom stereocenters. The SMILES string of the molecule is COc1ccc(C(=O)NC(=S)C2CC/C(=C\c3ccc(F)cc3F)C2=O)cc1. The fourth-order valence-electron chi connectivity index (χ4n) is 2.99. The first-order valence-electron chi connectivity index (χ1n) is 8.58. The summed E-state index contributed by atoms with van der Waals surface area (Å²) in [5.41, 5.74) is 0.924. The summed E-state index contributed by atoms with van der Waals surface area (Å²) in [7, 11) is 1.53. The van der Waals surface area contributed by atoms with E-state index >= 15 is 0 Å². The van der Waals surface area contributed by atoms with Gasteiger partial charge in [0.2, 0.25) is 0 Å².